The van der Waals surface area contributed by atoms with Crippen molar-refractivity contribution in [1.29, 1.82) is 0 Å². The molecule has 4 nitrogen and oxygen atoms in total. The van der Waals surface area contributed by atoms with E-state index in [4.69, 9.17) is 4.74 Å². The van der Waals surface area contributed by atoms with Gasteiger partial charge in [0.25, 0.3) is 0 Å². The molecule has 1 aliphatic heterocycles. The molecule has 4 heteroatoms. The van der Waals surface area contributed by atoms with Gasteiger partial charge in [-0.3, -0.25) is 0 Å². The fourth-order valence-corrected chi connectivity index (χ4v) is 1.90. The van der Waals surface area contributed by atoms with E-state index in [0.29, 0.717) is 6.61 Å². The van der Waals surface area contributed by atoms with Gasteiger partial charge in [-0.05, 0) is 29.2 Å². The third-order valence-corrected chi connectivity index (χ3v) is 2.94. The van der Waals surface area contributed by atoms with Crippen LogP contribution in [0, 0.1) is 0 Å². The molecule has 19 heavy (non-hydrogen) atoms. The van der Waals surface area contributed by atoms with Gasteiger partial charge in [-0.1, -0.05) is 30.3 Å². The molecule has 0 radical (unpaired) electrons. The minimum atomic E-state index is -0.740. The number of carbonyl (C=O) groups is 1. The maximum Gasteiger partial charge on any atom is 0.373 e. The minimum Gasteiger partial charge on any atom is -0.502 e. The highest BCUT2D eigenvalue weighted by molar-refractivity contribution is 5.90. The molecule has 0 fully saturated rings. The molecule has 0 bridgehead atoms. The third-order valence-electron chi connectivity index (χ3n) is 2.94. The molecular formula is C15H16O4. The van der Waals surface area contributed by atoms with Crippen LogP contribution in [0.3, 0.4) is 0 Å². The molecule has 2 rings (SSSR count). The van der Waals surface area contributed by atoms with Crippen molar-refractivity contribution in [2.45, 2.75) is 6.42 Å². The highest BCUT2D eigenvalue weighted by Gasteiger charge is 2.08. The SMILES string of the molecule is COC(=O)/C(O)=C\c1ccc(C2=CCOCC2)cc1. The Bertz CT molecular complexity index is 511. The molecule has 0 saturated carbocycles. The number of benzene rings is 1. The molecule has 0 amide bonds. The molecule has 1 aromatic carbocycles. The summed E-state index contributed by atoms with van der Waals surface area (Å²) >= 11 is 0. The first-order valence-electron chi connectivity index (χ1n) is 6.07. The highest BCUT2D eigenvalue weighted by Crippen LogP contribution is 2.22. The van der Waals surface area contributed by atoms with Crippen molar-refractivity contribution in [1.82, 2.24) is 0 Å². The smallest absolute Gasteiger partial charge is 0.373 e. The van der Waals surface area contributed by atoms with Crippen molar-refractivity contribution in [2.24, 2.45) is 0 Å². The normalized spacial score (nSPS) is 15.8. The van der Waals surface area contributed by atoms with Crippen LogP contribution in [-0.4, -0.2) is 31.4 Å². The number of hydrogen-bond donors (Lipinski definition) is 1. The standard InChI is InChI=1S/C15H16O4/c1-18-15(17)14(16)10-11-2-4-12(5-3-11)13-6-8-19-9-7-13/h2-6,10,16H,7-9H2,1H3/b14-10+. The van der Waals surface area contributed by atoms with Gasteiger partial charge in [-0.2, -0.15) is 0 Å². The number of aliphatic hydroxyl groups excluding tert-OH is 1. The number of esters is 1. The number of aliphatic hydroxyl groups is 1. The van der Waals surface area contributed by atoms with Crippen LogP contribution in [0.2, 0.25) is 0 Å². The third kappa shape index (κ3) is 3.45. The van der Waals surface area contributed by atoms with E-state index in [-0.39, 0.29) is 0 Å². The lowest BCUT2D eigenvalue weighted by Gasteiger charge is -2.13. The lowest BCUT2D eigenvalue weighted by Crippen LogP contribution is -2.04. The summed E-state index contributed by atoms with van der Waals surface area (Å²) in [5.74, 6) is -1.14. The molecule has 100 valence electrons. The van der Waals surface area contributed by atoms with Gasteiger partial charge in [0.2, 0.25) is 5.76 Å². The van der Waals surface area contributed by atoms with Crippen LogP contribution in [-0.2, 0) is 14.3 Å². The van der Waals surface area contributed by atoms with Gasteiger partial charge in [0.1, 0.15) is 0 Å². The van der Waals surface area contributed by atoms with Gasteiger partial charge in [-0.15, -0.1) is 0 Å². The average molecular weight is 260 g/mol. The fraction of sp³-hybridized carbons (Fsp3) is 0.267. The van der Waals surface area contributed by atoms with Crippen molar-refractivity contribution in [3.05, 3.63) is 47.2 Å². The highest BCUT2D eigenvalue weighted by atomic mass is 16.5. The van der Waals surface area contributed by atoms with E-state index in [9.17, 15) is 9.90 Å². The van der Waals surface area contributed by atoms with Crippen LogP contribution in [0.5, 0.6) is 0 Å². The van der Waals surface area contributed by atoms with Gasteiger partial charge in [0.05, 0.1) is 20.3 Å². The van der Waals surface area contributed by atoms with E-state index in [0.717, 1.165) is 24.2 Å². The Kier molecular flexibility index (Phi) is 4.36. The van der Waals surface area contributed by atoms with E-state index < -0.39 is 11.7 Å². The number of methoxy groups -OCH3 is 1. The fourth-order valence-electron chi connectivity index (χ4n) is 1.90. The van der Waals surface area contributed by atoms with Crippen molar-refractivity contribution in [3.8, 4) is 0 Å². The van der Waals surface area contributed by atoms with Crippen molar-refractivity contribution < 1.29 is 19.4 Å². The molecule has 1 N–H and O–H groups in total. The lowest BCUT2D eigenvalue weighted by atomic mass is 10.0. The van der Waals surface area contributed by atoms with Gasteiger partial charge in [0.15, 0.2) is 0 Å². The Morgan fingerprint density at radius 1 is 1.37 bits per heavy atom. The summed E-state index contributed by atoms with van der Waals surface area (Å²) in [7, 11) is 1.23. The second-order valence-corrected chi connectivity index (χ2v) is 4.20. The van der Waals surface area contributed by atoms with E-state index in [1.165, 1.54) is 18.8 Å². The summed E-state index contributed by atoms with van der Waals surface area (Å²) in [4.78, 5) is 11.1. The first kappa shape index (κ1) is 13.4. The predicted octanol–water partition coefficient (Wildman–Crippen LogP) is 2.56. The molecule has 0 aromatic heterocycles. The molecule has 1 aromatic rings. The zero-order valence-electron chi connectivity index (χ0n) is 10.8. The molecule has 0 saturated heterocycles. The van der Waals surface area contributed by atoms with Crippen LogP contribution in [0.15, 0.2) is 36.1 Å². The monoisotopic (exact) mass is 260 g/mol. The Morgan fingerprint density at radius 2 is 2.11 bits per heavy atom. The van der Waals surface area contributed by atoms with E-state index in [1.54, 1.807) is 0 Å². The largest absolute Gasteiger partial charge is 0.502 e. The van der Waals surface area contributed by atoms with Crippen LogP contribution in [0.1, 0.15) is 17.5 Å². The maximum atomic E-state index is 11.1. The molecular weight excluding hydrogens is 244 g/mol. The van der Waals surface area contributed by atoms with Gasteiger partial charge in [-0.25, -0.2) is 4.79 Å². The first-order valence-corrected chi connectivity index (χ1v) is 6.07. The van der Waals surface area contributed by atoms with E-state index >= 15 is 0 Å². The van der Waals surface area contributed by atoms with Crippen molar-refractivity contribution >= 4 is 17.6 Å². The second kappa shape index (κ2) is 6.20. The summed E-state index contributed by atoms with van der Waals surface area (Å²) in [6.45, 7) is 1.40. The number of ether oxygens (including phenoxy) is 2. The Labute approximate surface area is 112 Å². The van der Waals surface area contributed by atoms with Crippen LogP contribution >= 0.6 is 0 Å². The maximum absolute atomic E-state index is 11.1. The number of rotatable bonds is 3. The van der Waals surface area contributed by atoms with Gasteiger partial charge >= 0.3 is 5.97 Å². The van der Waals surface area contributed by atoms with Crippen LogP contribution in [0.4, 0.5) is 0 Å². The van der Waals surface area contributed by atoms with Crippen LogP contribution < -0.4 is 0 Å². The Hall–Kier alpha value is -2.07. The van der Waals surface area contributed by atoms with Crippen LogP contribution in [0.25, 0.3) is 11.6 Å². The number of hydrogen-bond acceptors (Lipinski definition) is 4. The average Bonchev–Trinajstić information content (AvgIpc) is 2.48. The molecule has 1 aliphatic rings. The van der Waals surface area contributed by atoms with E-state index in [1.807, 2.05) is 24.3 Å². The Balaban J connectivity index is 2.14. The summed E-state index contributed by atoms with van der Waals surface area (Å²) < 4.78 is 9.69. The summed E-state index contributed by atoms with van der Waals surface area (Å²) in [6.07, 6.45) is 4.36. The predicted molar refractivity (Wildman–Crippen MR) is 72.5 cm³/mol. The molecule has 0 unspecified atom stereocenters. The zero-order valence-corrected chi connectivity index (χ0v) is 10.8. The summed E-state index contributed by atoms with van der Waals surface area (Å²) in [5.41, 5.74) is 3.15. The molecule has 1 heterocycles. The van der Waals surface area contributed by atoms with Gasteiger partial charge in [0, 0.05) is 0 Å². The molecule has 0 aliphatic carbocycles. The second-order valence-electron chi connectivity index (χ2n) is 4.20. The quantitative estimate of drug-likeness (QED) is 0.515. The number of carbonyl (C=O) groups excluding carboxylic acids is 1. The van der Waals surface area contributed by atoms with E-state index in [2.05, 4.69) is 10.8 Å². The van der Waals surface area contributed by atoms with Gasteiger partial charge < -0.3 is 14.6 Å². The summed E-state index contributed by atoms with van der Waals surface area (Å²) in [6, 6.07) is 7.64. The molecule has 0 spiro atoms. The Morgan fingerprint density at radius 3 is 2.68 bits per heavy atom. The molecule has 0 atom stereocenters. The summed E-state index contributed by atoms with van der Waals surface area (Å²) in [5, 5.41) is 9.45. The topological polar surface area (TPSA) is 55.8 Å². The minimum absolute atomic E-state index is 0.402. The lowest BCUT2D eigenvalue weighted by molar-refractivity contribution is -0.138. The first-order chi connectivity index (χ1) is 9.20. The zero-order chi connectivity index (χ0) is 13.7. The van der Waals surface area contributed by atoms with Crippen molar-refractivity contribution in [3.63, 3.8) is 0 Å². The van der Waals surface area contributed by atoms with Crippen molar-refractivity contribution in [2.75, 3.05) is 20.3 Å².